The molecule has 1 aliphatic rings. The van der Waals surface area contributed by atoms with Crippen LogP contribution in [0.5, 0.6) is 0 Å². The van der Waals surface area contributed by atoms with Gasteiger partial charge in [0.05, 0.1) is 5.54 Å². The molecule has 0 bridgehead atoms. The number of hydrogen-bond donors (Lipinski definition) is 1. The fraction of sp³-hybridized carbons (Fsp3) is 0.562. The van der Waals surface area contributed by atoms with Crippen molar-refractivity contribution in [1.82, 2.24) is 0 Å². The highest BCUT2D eigenvalue weighted by atomic mass is 16.2. The van der Waals surface area contributed by atoms with Crippen LogP contribution in [0.4, 0.5) is 5.69 Å². The number of benzene rings is 1. The van der Waals surface area contributed by atoms with Gasteiger partial charge in [-0.1, -0.05) is 32.9 Å². The first kappa shape index (κ1) is 14.1. The lowest BCUT2D eigenvalue weighted by atomic mass is 9.86. The van der Waals surface area contributed by atoms with Crippen molar-refractivity contribution in [2.45, 2.75) is 52.0 Å². The Bertz CT molecular complexity index is 506. The van der Waals surface area contributed by atoms with Gasteiger partial charge in [-0.25, -0.2) is 0 Å². The molecule has 3 nitrogen and oxygen atoms in total. The Labute approximate surface area is 115 Å². The smallest absolute Gasteiger partial charge is 0.246 e. The van der Waals surface area contributed by atoms with Gasteiger partial charge in [0, 0.05) is 12.2 Å². The fourth-order valence-electron chi connectivity index (χ4n) is 2.43. The predicted molar refractivity (Wildman–Crippen MR) is 79.5 cm³/mol. The molecule has 3 heteroatoms. The third kappa shape index (κ3) is 2.66. The van der Waals surface area contributed by atoms with E-state index in [4.69, 9.17) is 5.73 Å². The van der Waals surface area contributed by atoms with Gasteiger partial charge < -0.3 is 10.6 Å². The van der Waals surface area contributed by atoms with Gasteiger partial charge in [0.1, 0.15) is 0 Å². The van der Waals surface area contributed by atoms with Crippen molar-refractivity contribution in [2.75, 3.05) is 11.4 Å². The molecule has 1 amide bonds. The summed E-state index contributed by atoms with van der Waals surface area (Å²) in [6.07, 6.45) is 0.918. The Balaban J connectivity index is 2.35. The molecule has 1 heterocycles. The zero-order valence-electron chi connectivity index (χ0n) is 12.6. The van der Waals surface area contributed by atoms with Crippen LogP contribution in [0.3, 0.4) is 0 Å². The van der Waals surface area contributed by atoms with Crippen LogP contribution in [0.1, 0.15) is 45.7 Å². The van der Waals surface area contributed by atoms with E-state index in [9.17, 15) is 4.79 Å². The second-order valence-electron chi connectivity index (χ2n) is 7.02. The third-order valence-corrected chi connectivity index (χ3v) is 3.64. The molecule has 0 saturated carbocycles. The molecule has 1 aliphatic heterocycles. The lowest BCUT2D eigenvalue weighted by Gasteiger charge is -2.26. The maximum absolute atomic E-state index is 12.3. The SMILES string of the molecule is CC(C)(N)C(=O)N1CCc2cc(C(C)(C)C)ccc21. The maximum Gasteiger partial charge on any atom is 0.246 e. The monoisotopic (exact) mass is 260 g/mol. The zero-order valence-corrected chi connectivity index (χ0v) is 12.6. The Morgan fingerprint density at radius 2 is 1.84 bits per heavy atom. The summed E-state index contributed by atoms with van der Waals surface area (Å²) in [5.74, 6) is -0.00485. The van der Waals surface area contributed by atoms with E-state index < -0.39 is 5.54 Å². The number of carbonyl (C=O) groups excluding carboxylic acids is 1. The molecule has 0 atom stereocenters. The normalized spacial score (nSPS) is 15.6. The van der Waals surface area contributed by atoms with Gasteiger partial charge in [-0.05, 0) is 42.9 Å². The number of rotatable bonds is 1. The van der Waals surface area contributed by atoms with Gasteiger partial charge in [-0.3, -0.25) is 4.79 Å². The van der Waals surface area contributed by atoms with Crippen LogP contribution in [-0.2, 0) is 16.6 Å². The van der Waals surface area contributed by atoms with Crippen LogP contribution in [0.25, 0.3) is 0 Å². The molecule has 0 aliphatic carbocycles. The fourth-order valence-corrected chi connectivity index (χ4v) is 2.43. The summed E-state index contributed by atoms with van der Waals surface area (Å²) in [6.45, 7) is 10.9. The molecule has 0 spiro atoms. The highest BCUT2D eigenvalue weighted by Crippen LogP contribution is 2.33. The number of carbonyl (C=O) groups is 1. The van der Waals surface area contributed by atoms with Gasteiger partial charge in [0.2, 0.25) is 5.91 Å². The average Bonchev–Trinajstić information content (AvgIpc) is 2.67. The Morgan fingerprint density at radius 3 is 2.37 bits per heavy atom. The largest absolute Gasteiger partial charge is 0.318 e. The van der Waals surface area contributed by atoms with Gasteiger partial charge in [-0.15, -0.1) is 0 Å². The molecule has 2 N–H and O–H groups in total. The van der Waals surface area contributed by atoms with Crippen molar-refractivity contribution in [3.05, 3.63) is 29.3 Å². The minimum atomic E-state index is -0.815. The first-order valence-corrected chi connectivity index (χ1v) is 6.85. The Hall–Kier alpha value is -1.35. The Morgan fingerprint density at radius 1 is 1.21 bits per heavy atom. The molecule has 0 saturated heterocycles. The lowest BCUT2D eigenvalue weighted by Crippen LogP contribution is -2.50. The molecular formula is C16H24N2O. The van der Waals surface area contributed by atoms with E-state index in [-0.39, 0.29) is 11.3 Å². The lowest BCUT2D eigenvalue weighted by molar-refractivity contribution is -0.122. The molecule has 0 unspecified atom stereocenters. The van der Waals surface area contributed by atoms with Crippen molar-refractivity contribution in [1.29, 1.82) is 0 Å². The van der Waals surface area contributed by atoms with E-state index in [2.05, 4.69) is 39.0 Å². The topological polar surface area (TPSA) is 46.3 Å². The van der Waals surface area contributed by atoms with Crippen LogP contribution in [0.2, 0.25) is 0 Å². The van der Waals surface area contributed by atoms with E-state index in [1.165, 1.54) is 11.1 Å². The number of fused-ring (bicyclic) bond motifs is 1. The summed E-state index contributed by atoms with van der Waals surface area (Å²) < 4.78 is 0. The quantitative estimate of drug-likeness (QED) is 0.843. The van der Waals surface area contributed by atoms with Crippen LogP contribution in [0, 0.1) is 0 Å². The molecule has 19 heavy (non-hydrogen) atoms. The van der Waals surface area contributed by atoms with Crippen molar-refractivity contribution in [3.8, 4) is 0 Å². The van der Waals surface area contributed by atoms with Crippen molar-refractivity contribution >= 4 is 11.6 Å². The number of amides is 1. The second kappa shape index (κ2) is 4.34. The van der Waals surface area contributed by atoms with Crippen LogP contribution < -0.4 is 10.6 Å². The highest BCUT2D eigenvalue weighted by molar-refractivity contribution is 6.01. The molecular weight excluding hydrogens is 236 g/mol. The summed E-state index contributed by atoms with van der Waals surface area (Å²) in [7, 11) is 0. The second-order valence-corrected chi connectivity index (χ2v) is 7.02. The number of nitrogens with zero attached hydrogens (tertiary/aromatic N) is 1. The summed E-state index contributed by atoms with van der Waals surface area (Å²) in [5, 5.41) is 0. The van der Waals surface area contributed by atoms with E-state index in [1.54, 1.807) is 13.8 Å². The molecule has 1 aromatic carbocycles. The van der Waals surface area contributed by atoms with E-state index in [1.807, 2.05) is 4.90 Å². The highest BCUT2D eigenvalue weighted by Gasteiger charge is 2.33. The third-order valence-electron chi connectivity index (χ3n) is 3.64. The van der Waals surface area contributed by atoms with Gasteiger partial charge in [-0.2, -0.15) is 0 Å². The molecule has 104 valence electrons. The Kier molecular flexibility index (Phi) is 3.21. The predicted octanol–water partition coefficient (Wildman–Crippen LogP) is 2.61. The van der Waals surface area contributed by atoms with Crippen molar-refractivity contribution < 1.29 is 4.79 Å². The molecule has 0 radical (unpaired) electrons. The zero-order chi connectivity index (χ0) is 14.4. The number of anilines is 1. The molecule has 0 fully saturated rings. The summed E-state index contributed by atoms with van der Waals surface area (Å²) >= 11 is 0. The summed E-state index contributed by atoms with van der Waals surface area (Å²) in [4.78, 5) is 14.1. The van der Waals surface area contributed by atoms with Gasteiger partial charge >= 0.3 is 0 Å². The van der Waals surface area contributed by atoms with E-state index in [0.717, 1.165) is 18.7 Å². The van der Waals surface area contributed by atoms with E-state index >= 15 is 0 Å². The summed E-state index contributed by atoms with van der Waals surface area (Å²) in [6, 6.07) is 6.41. The van der Waals surface area contributed by atoms with Crippen LogP contribution in [-0.4, -0.2) is 18.0 Å². The molecule has 1 aromatic rings. The average molecular weight is 260 g/mol. The summed E-state index contributed by atoms with van der Waals surface area (Å²) in [5.41, 5.74) is 8.84. The first-order chi connectivity index (χ1) is 8.60. The number of nitrogens with two attached hydrogens (primary N) is 1. The first-order valence-electron chi connectivity index (χ1n) is 6.85. The van der Waals surface area contributed by atoms with Crippen LogP contribution >= 0.6 is 0 Å². The van der Waals surface area contributed by atoms with Crippen LogP contribution in [0.15, 0.2) is 18.2 Å². The van der Waals surface area contributed by atoms with Crippen molar-refractivity contribution in [2.24, 2.45) is 5.73 Å². The minimum absolute atomic E-state index is 0.00485. The maximum atomic E-state index is 12.3. The standard InChI is InChI=1S/C16H24N2O/c1-15(2,3)12-6-7-13-11(10-12)8-9-18(13)14(19)16(4,5)17/h6-7,10H,8-9,17H2,1-5H3. The minimum Gasteiger partial charge on any atom is -0.318 e. The van der Waals surface area contributed by atoms with E-state index in [0.29, 0.717) is 0 Å². The van der Waals surface area contributed by atoms with Crippen molar-refractivity contribution in [3.63, 3.8) is 0 Å². The molecule has 0 aromatic heterocycles. The van der Waals surface area contributed by atoms with Gasteiger partial charge in [0.15, 0.2) is 0 Å². The number of hydrogen-bond acceptors (Lipinski definition) is 2. The van der Waals surface area contributed by atoms with Gasteiger partial charge in [0.25, 0.3) is 0 Å². The molecule has 2 rings (SSSR count).